The van der Waals surface area contributed by atoms with E-state index in [4.69, 9.17) is 0 Å². The fourth-order valence-electron chi connectivity index (χ4n) is 2.15. The molecule has 0 atom stereocenters. The van der Waals surface area contributed by atoms with Gasteiger partial charge in [0, 0.05) is 17.9 Å². The Balaban J connectivity index is 2.97. The molecule has 0 spiro atoms. The Morgan fingerprint density at radius 3 is 2.56 bits per heavy atom. The maximum absolute atomic E-state index is 14.1. The lowest BCUT2D eigenvalue weighted by Gasteiger charge is -2.31. The molecule has 0 radical (unpaired) electrons. The highest BCUT2D eigenvalue weighted by Gasteiger charge is 2.17. The number of nitrogens with zero attached hydrogens (tertiary/aromatic N) is 1. The molecule has 1 rings (SSSR count). The zero-order valence-corrected chi connectivity index (χ0v) is 13.1. The number of hydrogen-bond donors (Lipinski definition) is 0. The molecule has 0 aromatic heterocycles. The van der Waals surface area contributed by atoms with Crippen molar-refractivity contribution >= 4 is 21.6 Å². The van der Waals surface area contributed by atoms with Crippen LogP contribution in [-0.2, 0) is 5.33 Å². The molecule has 0 heterocycles. The number of para-hydroxylation sites is 1. The number of benzene rings is 1. The highest BCUT2D eigenvalue weighted by molar-refractivity contribution is 9.08. The van der Waals surface area contributed by atoms with Crippen molar-refractivity contribution in [2.45, 2.75) is 51.4 Å². The Bertz CT molecular complexity index is 366. The van der Waals surface area contributed by atoms with Crippen molar-refractivity contribution in [2.24, 2.45) is 0 Å². The fourth-order valence-corrected chi connectivity index (χ4v) is 2.60. The molecule has 0 unspecified atom stereocenters. The van der Waals surface area contributed by atoms with Crippen molar-refractivity contribution in [1.29, 1.82) is 0 Å². The van der Waals surface area contributed by atoms with Crippen LogP contribution in [0.2, 0.25) is 0 Å². The second kappa shape index (κ2) is 7.78. The summed E-state index contributed by atoms with van der Waals surface area (Å²) in [4.78, 5) is 2.18. The number of halogens is 2. The highest BCUT2D eigenvalue weighted by Crippen LogP contribution is 2.28. The lowest BCUT2D eigenvalue weighted by Crippen LogP contribution is -2.33. The third kappa shape index (κ3) is 3.98. The summed E-state index contributed by atoms with van der Waals surface area (Å²) in [6.45, 7) is 7.35. The van der Waals surface area contributed by atoms with Crippen LogP contribution in [0, 0.1) is 5.82 Å². The summed E-state index contributed by atoms with van der Waals surface area (Å²) in [7, 11) is 0. The largest absolute Gasteiger partial charge is 0.366 e. The molecule has 0 bridgehead atoms. The lowest BCUT2D eigenvalue weighted by atomic mass is 10.1. The summed E-state index contributed by atoms with van der Waals surface area (Å²) in [5.74, 6) is -0.114. The van der Waals surface area contributed by atoms with Gasteiger partial charge < -0.3 is 4.90 Å². The molecule has 0 saturated heterocycles. The minimum atomic E-state index is -0.114. The molecule has 1 nitrogen and oxygen atoms in total. The van der Waals surface area contributed by atoms with Crippen LogP contribution in [0.5, 0.6) is 0 Å². The van der Waals surface area contributed by atoms with Crippen molar-refractivity contribution in [3.8, 4) is 0 Å². The van der Waals surface area contributed by atoms with Crippen LogP contribution in [0.3, 0.4) is 0 Å². The first-order valence-corrected chi connectivity index (χ1v) is 7.84. The van der Waals surface area contributed by atoms with Gasteiger partial charge in [-0.1, -0.05) is 47.8 Å². The number of unbranched alkanes of at least 4 members (excludes halogenated alkanes) is 2. The van der Waals surface area contributed by atoms with Gasteiger partial charge in [-0.2, -0.15) is 0 Å². The van der Waals surface area contributed by atoms with Gasteiger partial charge in [-0.3, -0.25) is 0 Å². The van der Waals surface area contributed by atoms with Crippen molar-refractivity contribution in [1.82, 2.24) is 0 Å². The van der Waals surface area contributed by atoms with Crippen LogP contribution in [-0.4, -0.2) is 12.6 Å². The molecule has 102 valence electrons. The maximum Gasteiger partial charge on any atom is 0.146 e. The van der Waals surface area contributed by atoms with E-state index < -0.39 is 0 Å². The highest BCUT2D eigenvalue weighted by atomic mass is 79.9. The molecule has 3 heteroatoms. The summed E-state index contributed by atoms with van der Waals surface area (Å²) in [6.07, 6.45) is 3.50. The molecule has 1 aromatic carbocycles. The van der Waals surface area contributed by atoms with Crippen LogP contribution in [0.1, 0.15) is 45.6 Å². The summed E-state index contributed by atoms with van der Waals surface area (Å²) < 4.78 is 14.1. The molecular formula is C15H23BrFN. The van der Waals surface area contributed by atoms with E-state index in [-0.39, 0.29) is 5.82 Å². The van der Waals surface area contributed by atoms with Gasteiger partial charge in [-0.05, 0) is 31.9 Å². The van der Waals surface area contributed by atoms with E-state index in [1.54, 1.807) is 12.1 Å². The predicted molar refractivity (Wildman–Crippen MR) is 81.0 cm³/mol. The molecule has 0 aliphatic carbocycles. The first-order chi connectivity index (χ1) is 8.61. The van der Waals surface area contributed by atoms with E-state index >= 15 is 0 Å². The topological polar surface area (TPSA) is 3.24 Å². The van der Waals surface area contributed by atoms with Gasteiger partial charge in [0.25, 0.3) is 0 Å². The van der Waals surface area contributed by atoms with Gasteiger partial charge in [-0.25, -0.2) is 4.39 Å². The van der Waals surface area contributed by atoms with Crippen LogP contribution >= 0.6 is 15.9 Å². The van der Waals surface area contributed by atoms with E-state index in [1.807, 2.05) is 6.07 Å². The Morgan fingerprint density at radius 1 is 1.28 bits per heavy atom. The van der Waals surface area contributed by atoms with Gasteiger partial charge in [0.05, 0.1) is 5.69 Å². The number of alkyl halides is 1. The molecule has 0 N–H and O–H groups in total. The van der Waals surface area contributed by atoms with Gasteiger partial charge >= 0.3 is 0 Å². The number of hydrogen-bond acceptors (Lipinski definition) is 1. The first-order valence-electron chi connectivity index (χ1n) is 6.71. The third-order valence-electron chi connectivity index (χ3n) is 3.13. The average Bonchev–Trinajstić information content (AvgIpc) is 2.35. The SMILES string of the molecule is CCCCCN(c1c(F)cccc1CBr)C(C)C. The normalized spacial score (nSPS) is 11.0. The Kier molecular flexibility index (Phi) is 6.69. The fraction of sp³-hybridized carbons (Fsp3) is 0.600. The summed E-state index contributed by atoms with van der Waals surface area (Å²) in [5.41, 5.74) is 1.79. The minimum Gasteiger partial charge on any atom is -0.366 e. The van der Waals surface area contributed by atoms with Crippen molar-refractivity contribution in [3.05, 3.63) is 29.6 Å². The lowest BCUT2D eigenvalue weighted by molar-refractivity contribution is 0.581. The standard InChI is InChI=1S/C15H23BrFN/c1-4-5-6-10-18(12(2)3)15-13(11-16)8-7-9-14(15)17/h7-9,12H,4-6,10-11H2,1-3H3. The Labute approximate surface area is 119 Å². The number of rotatable bonds is 7. The molecule has 1 aromatic rings. The van der Waals surface area contributed by atoms with E-state index in [1.165, 1.54) is 12.8 Å². The van der Waals surface area contributed by atoms with Gasteiger partial charge in [0.15, 0.2) is 0 Å². The van der Waals surface area contributed by atoms with Crippen molar-refractivity contribution in [3.63, 3.8) is 0 Å². The maximum atomic E-state index is 14.1. The van der Waals surface area contributed by atoms with Gasteiger partial charge in [0.1, 0.15) is 5.82 Å². The predicted octanol–water partition coefficient (Wildman–Crippen LogP) is 5.13. The molecule has 0 amide bonds. The minimum absolute atomic E-state index is 0.114. The Morgan fingerprint density at radius 2 is 2.00 bits per heavy atom. The smallest absolute Gasteiger partial charge is 0.146 e. The summed E-state index contributed by atoms with van der Waals surface area (Å²) >= 11 is 3.45. The first kappa shape index (κ1) is 15.5. The van der Waals surface area contributed by atoms with Crippen molar-refractivity contribution < 1.29 is 4.39 Å². The zero-order chi connectivity index (χ0) is 13.5. The molecule has 0 aliphatic rings. The van der Waals surface area contributed by atoms with E-state index in [9.17, 15) is 4.39 Å². The number of anilines is 1. The molecular weight excluding hydrogens is 293 g/mol. The van der Waals surface area contributed by atoms with Crippen LogP contribution in [0.15, 0.2) is 18.2 Å². The molecule has 0 saturated carbocycles. The van der Waals surface area contributed by atoms with E-state index in [0.717, 1.165) is 24.2 Å². The Hall–Kier alpha value is -0.570. The van der Waals surface area contributed by atoms with Gasteiger partial charge in [0.2, 0.25) is 0 Å². The van der Waals surface area contributed by atoms with E-state index in [0.29, 0.717) is 11.4 Å². The van der Waals surface area contributed by atoms with Gasteiger partial charge in [-0.15, -0.1) is 0 Å². The van der Waals surface area contributed by atoms with E-state index in [2.05, 4.69) is 41.6 Å². The quantitative estimate of drug-likeness (QED) is 0.498. The second-order valence-electron chi connectivity index (χ2n) is 4.88. The second-order valence-corrected chi connectivity index (χ2v) is 5.44. The third-order valence-corrected chi connectivity index (χ3v) is 3.73. The average molecular weight is 316 g/mol. The molecule has 0 fully saturated rings. The monoisotopic (exact) mass is 315 g/mol. The summed E-state index contributed by atoms with van der Waals surface area (Å²) in [6, 6.07) is 5.63. The van der Waals surface area contributed by atoms with Crippen LogP contribution in [0.4, 0.5) is 10.1 Å². The van der Waals surface area contributed by atoms with Crippen molar-refractivity contribution in [2.75, 3.05) is 11.4 Å². The molecule has 0 aliphatic heterocycles. The van der Waals surface area contributed by atoms with Crippen LogP contribution in [0.25, 0.3) is 0 Å². The summed E-state index contributed by atoms with van der Waals surface area (Å²) in [5, 5.41) is 0.692. The van der Waals surface area contributed by atoms with Crippen LogP contribution < -0.4 is 4.90 Å². The zero-order valence-electron chi connectivity index (χ0n) is 11.5. The molecule has 18 heavy (non-hydrogen) atoms.